The molecule has 1 heterocycles. The van der Waals surface area contributed by atoms with Gasteiger partial charge in [0.25, 0.3) is 5.56 Å². The van der Waals surface area contributed by atoms with Crippen molar-refractivity contribution in [3.8, 4) is 5.69 Å². The highest BCUT2D eigenvalue weighted by Crippen LogP contribution is 2.10. The van der Waals surface area contributed by atoms with Crippen molar-refractivity contribution in [3.63, 3.8) is 0 Å². The van der Waals surface area contributed by atoms with Crippen molar-refractivity contribution in [3.05, 3.63) is 51.9 Å². The maximum atomic E-state index is 11.9. The van der Waals surface area contributed by atoms with Gasteiger partial charge in [-0.2, -0.15) is 9.78 Å². The van der Waals surface area contributed by atoms with E-state index in [1.807, 2.05) is 6.07 Å². The number of hydrogen-bond donors (Lipinski definition) is 2. The maximum Gasteiger partial charge on any atom is 0.296 e. The van der Waals surface area contributed by atoms with Crippen LogP contribution in [0.2, 0.25) is 5.15 Å². The van der Waals surface area contributed by atoms with Gasteiger partial charge < -0.3 is 5.43 Å². The molecule has 0 unspecified atom stereocenters. The fourth-order valence-electron chi connectivity index (χ4n) is 1.31. The van der Waals surface area contributed by atoms with Crippen molar-refractivity contribution >= 4 is 17.3 Å². The number of rotatable bonds is 2. The van der Waals surface area contributed by atoms with E-state index < -0.39 is 0 Å². The third kappa shape index (κ3) is 1.91. The lowest BCUT2D eigenvalue weighted by Crippen LogP contribution is -2.26. The summed E-state index contributed by atoms with van der Waals surface area (Å²) in [7, 11) is 0. The molecule has 2 rings (SSSR count). The molecule has 1 aromatic carbocycles. The van der Waals surface area contributed by atoms with Gasteiger partial charge >= 0.3 is 0 Å². The lowest BCUT2D eigenvalue weighted by atomic mass is 10.3. The Balaban J connectivity index is 2.66. The Morgan fingerprint density at radius 3 is 2.62 bits per heavy atom. The summed E-state index contributed by atoms with van der Waals surface area (Å²) in [4.78, 5) is 11.9. The van der Waals surface area contributed by atoms with Crippen molar-refractivity contribution in [1.29, 1.82) is 0 Å². The molecule has 82 valence electrons. The highest BCUT2D eigenvalue weighted by molar-refractivity contribution is 6.29. The molecule has 1 aromatic heterocycles. The summed E-state index contributed by atoms with van der Waals surface area (Å²) in [5, 5.41) is 4.12. The normalized spacial score (nSPS) is 10.1. The van der Waals surface area contributed by atoms with Gasteiger partial charge in [0.15, 0.2) is 5.15 Å². The number of hydrazine groups is 1. The monoisotopic (exact) mass is 236 g/mol. The van der Waals surface area contributed by atoms with Gasteiger partial charge in [-0.1, -0.05) is 29.8 Å². The highest BCUT2D eigenvalue weighted by atomic mass is 35.5. The Morgan fingerprint density at radius 2 is 2.00 bits per heavy atom. The third-order valence-corrected chi connectivity index (χ3v) is 2.22. The molecule has 0 amide bonds. The smallest absolute Gasteiger partial charge is 0.296 e. The largest absolute Gasteiger partial charge is 0.319 e. The first-order valence-corrected chi connectivity index (χ1v) is 4.92. The van der Waals surface area contributed by atoms with E-state index in [1.54, 1.807) is 24.3 Å². The predicted molar refractivity (Wildman–Crippen MR) is 62.7 cm³/mol. The highest BCUT2D eigenvalue weighted by Gasteiger charge is 2.07. The average molecular weight is 237 g/mol. The van der Waals surface area contributed by atoms with Gasteiger partial charge in [0.2, 0.25) is 0 Å². The second-order valence-corrected chi connectivity index (χ2v) is 3.46. The number of para-hydroxylation sites is 1. The van der Waals surface area contributed by atoms with Gasteiger partial charge in [0.1, 0.15) is 5.69 Å². The third-order valence-electron chi connectivity index (χ3n) is 2.04. The minimum Gasteiger partial charge on any atom is -0.319 e. The summed E-state index contributed by atoms with van der Waals surface area (Å²) < 4.78 is 1.19. The van der Waals surface area contributed by atoms with E-state index >= 15 is 0 Å². The van der Waals surface area contributed by atoms with Crippen LogP contribution in [0.1, 0.15) is 0 Å². The van der Waals surface area contributed by atoms with Crippen molar-refractivity contribution in [1.82, 2.24) is 9.78 Å². The number of nitrogens with one attached hydrogen (secondary N) is 1. The molecule has 0 bridgehead atoms. The van der Waals surface area contributed by atoms with Crippen molar-refractivity contribution in [2.75, 3.05) is 5.43 Å². The number of benzene rings is 1. The Labute approximate surface area is 96.4 Å². The van der Waals surface area contributed by atoms with E-state index in [9.17, 15) is 4.79 Å². The van der Waals surface area contributed by atoms with Gasteiger partial charge in [-0.25, -0.2) is 0 Å². The van der Waals surface area contributed by atoms with Crippen molar-refractivity contribution in [2.24, 2.45) is 5.84 Å². The lowest BCUT2D eigenvalue weighted by molar-refractivity contribution is 0.808. The minimum atomic E-state index is -0.349. The molecule has 3 N–H and O–H groups in total. The molecule has 0 saturated carbocycles. The second kappa shape index (κ2) is 4.34. The lowest BCUT2D eigenvalue weighted by Gasteiger charge is -2.06. The van der Waals surface area contributed by atoms with E-state index in [0.29, 0.717) is 5.69 Å². The number of hydrogen-bond acceptors (Lipinski definition) is 4. The molecule has 0 aliphatic carbocycles. The topological polar surface area (TPSA) is 72.9 Å². The van der Waals surface area contributed by atoms with E-state index in [4.69, 9.17) is 17.4 Å². The molecule has 0 atom stereocenters. The van der Waals surface area contributed by atoms with E-state index in [0.717, 1.165) is 0 Å². The second-order valence-electron chi connectivity index (χ2n) is 3.08. The molecule has 2 aromatic rings. The van der Waals surface area contributed by atoms with E-state index in [2.05, 4.69) is 10.5 Å². The van der Waals surface area contributed by atoms with E-state index in [-0.39, 0.29) is 16.4 Å². The van der Waals surface area contributed by atoms with Gasteiger partial charge in [0.05, 0.1) is 5.69 Å². The van der Waals surface area contributed by atoms with Crippen LogP contribution in [0.15, 0.2) is 41.2 Å². The van der Waals surface area contributed by atoms with Crippen molar-refractivity contribution < 1.29 is 0 Å². The molecule has 0 saturated heterocycles. The summed E-state index contributed by atoms with van der Waals surface area (Å²) in [5.74, 6) is 5.22. The Kier molecular flexibility index (Phi) is 2.89. The average Bonchev–Trinajstić information content (AvgIpc) is 2.33. The first kappa shape index (κ1) is 10.7. The van der Waals surface area contributed by atoms with E-state index in [1.165, 1.54) is 10.7 Å². The molecular formula is C10H9ClN4O. The Morgan fingerprint density at radius 1 is 1.31 bits per heavy atom. The summed E-state index contributed by atoms with van der Waals surface area (Å²) in [5.41, 5.74) is 2.77. The van der Waals surface area contributed by atoms with Crippen LogP contribution < -0.4 is 16.8 Å². The Hall–Kier alpha value is -1.85. The van der Waals surface area contributed by atoms with Crippen LogP contribution >= 0.6 is 11.6 Å². The zero-order chi connectivity index (χ0) is 11.5. The fourth-order valence-corrected chi connectivity index (χ4v) is 1.50. The fraction of sp³-hybridized carbons (Fsp3) is 0. The van der Waals surface area contributed by atoms with Crippen LogP contribution in [-0.2, 0) is 0 Å². The Bertz CT molecular complexity index is 552. The molecule has 6 heteroatoms. The molecule has 0 aliphatic rings. The van der Waals surface area contributed by atoms with Crippen LogP contribution in [0.4, 0.5) is 5.69 Å². The zero-order valence-electron chi connectivity index (χ0n) is 8.22. The quantitative estimate of drug-likeness (QED) is 0.607. The summed E-state index contributed by atoms with van der Waals surface area (Å²) >= 11 is 5.78. The van der Waals surface area contributed by atoms with Crippen molar-refractivity contribution in [2.45, 2.75) is 0 Å². The molecule has 16 heavy (non-hydrogen) atoms. The SMILES string of the molecule is NNc1cc(Cl)nn(-c2ccccc2)c1=O. The molecule has 0 aliphatic heterocycles. The summed E-state index contributed by atoms with van der Waals surface area (Å²) in [6, 6.07) is 10.3. The number of aromatic nitrogens is 2. The van der Waals surface area contributed by atoms with Crippen LogP contribution in [-0.4, -0.2) is 9.78 Å². The first-order chi connectivity index (χ1) is 7.72. The molecule has 0 radical (unpaired) electrons. The summed E-state index contributed by atoms with van der Waals surface area (Å²) in [6.07, 6.45) is 0. The van der Waals surface area contributed by atoms with Gasteiger partial charge in [-0.15, -0.1) is 0 Å². The van der Waals surface area contributed by atoms with Crippen LogP contribution in [0.25, 0.3) is 5.69 Å². The van der Waals surface area contributed by atoms with Gasteiger partial charge in [0, 0.05) is 6.07 Å². The number of nitrogens with two attached hydrogens (primary N) is 1. The minimum absolute atomic E-state index is 0.191. The first-order valence-electron chi connectivity index (χ1n) is 4.54. The zero-order valence-corrected chi connectivity index (χ0v) is 8.98. The van der Waals surface area contributed by atoms with Crippen LogP contribution in [0.5, 0.6) is 0 Å². The molecular weight excluding hydrogens is 228 g/mol. The maximum absolute atomic E-state index is 11.9. The molecule has 0 fully saturated rings. The standard InChI is InChI=1S/C10H9ClN4O/c11-9-6-8(13-12)10(16)15(14-9)7-4-2-1-3-5-7/h1-6,13H,12H2. The molecule has 5 nitrogen and oxygen atoms in total. The van der Waals surface area contributed by atoms with Crippen LogP contribution in [0, 0.1) is 0 Å². The predicted octanol–water partition coefficient (Wildman–Crippen LogP) is 1.17. The summed E-state index contributed by atoms with van der Waals surface area (Å²) in [6.45, 7) is 0. The van der Waals surface area contributed by atoms with Gasteiger partial charge in [-0.3, -0.25) is 10.6 Å². The number of nitrogens with zero attached hydrogens (tertiary/aromatic N) is 2. The number of halogens is 1. The number of nitrogen functional groups attached to an aromatic ring is 1. The molecule has 0 spiro atoms. The number of anilines is 1. The van der Waals surface area contributed by atoms with Gasteiger partial charge in [-0.05, 0) is 12.1 Å². The van der Waals surface area contributed by atoms with Crippen LogP contribution in [0.3, 0.4) is 0 Å².